The van der Waals surface area contributed by atoms with Gasteiger partial charge in [0.2, 0.25) is 0 Å². The predicted octanol–water partition coefficient (Wildman–Crippen LogP) is 2.10. The molecule has 0 fully saturated rings. The Labute approximate surface area is 114 Å². The molecule has 1 aliphatic rings. The van der Waals surface area contributed by atoms with E-state index in [0.29, 0.717) is 6.54 Å². The van der Waals surface area contributed by atoms with Crippen LogP contribution in [0.1, 0.15) is 22.4 Å². The Bertz CT molecular complexity index is 548. The molecule has 1 aliphatic heterocycles. The number of rotatable bonds is 3. The molecular weight excluding hydrogens is 234 g/mol. The zero-order chi connectivity index (χ0) is 13.1. The summed E-state index contributed by atoms with van der Waals surface area (Å²) in [6.45, 7) is 3.61. The van der Waals surface area contributed by atoms with E-state index in [1.54, 1.807) is 0 Å². The minimum Gasteiger partial charge on any atom is -0.326 e. The fourth-order valence-electron chi connectivity index (χ4n) is 2.59. The van der Waals surface area contributed by atoms with Gasteiger partial charge in [0, 0.05) is 32.4 Å². The van der Waals surface area contributed by atoms with Crippen LogP contribution in [0.4, 0.5) is 0 Å². The van der Waals surface area contributed by atoms with Crippen LogP contribution >= 0.6 is 0 Å². The number of nitrogens with two attached hydrogens (primary N) is 1. The lowest BCUT2D eigenvalue weighted by molar-refractivity contribution is 0.242. The largest absolute Gasteiger partial charge is 0.326 e. The minimum atomic E-state index is 0.560. The summed E-state index contributed by atoms with van der Waals surface area (Å²) in [4.78, 5) is 6.93. The second kappa shape index (κ2) is 5.51. The number of benzene rings is 1. The topological polar surface area (TPSA) is 42.1 Å². The van der Waals surface area contributed by atoms with Gasteiger partial charge in [0.1, 0.15) is 0 Å². The first-order chi connectivity index (χ1) is 9.35. The lowest BCUT2D eigenvalue weighted by Gasteiger charge is -2.28. The Morgan fingerprint density at radius 2 is 1.95 bits per heavy atom. The Kier molecular flexibility index (Phi) is 3.58. The second-order valence-electron chi connectivity index (χ2n) is 5.09. The molecular formula is C16H19N3. The maximum Gasteiger partial charge on any atom is 0.0544 e. The normalized spacial score (nSPS) is 15.2. The van der Waals surface area contributed by atoms with Gasteiger partial charge >= 0.3 is 0 Å². The van der Waals surface area contributed by atoms with E-state index in [0.717, 1.165) is 37.3 Å². The molecule has 2 N–H and O–H groups in total. The van der Waals surface area contributed by atoms with E-state index in [9.17, 15) is 0 Å². The third-order valence-electron chi connectivity index (χ3n) is 3.72. The molecule has 0 amide bonds. The summed E-state index contributed by atoms with van der Waals surface area (Å²) in [5.74, 6) is 0. The van der Waals surface area contributed by atoms with Gasteiger partial charge in [-0.25, -0.2) is 0 Å². The number of hydrogen-bond acceptors (Lipinski definition) is 3. The number of nitrogens with zero attached hydrogens (tertiary/aromatic N) is 2. The molecule has 0 radical (unpaired) electrons. The van der Waals surface area contributed by atoms with E-state index in [-0.39, 0.29) is 0 Å². The third kappa shape index (κ3) is 2.83. The molecule has 0 unspecified atom stereocenters. The molecule has 0 saturated heterocycles. The van der Waals surface area contributed by atoms with Crippen LogP contribution in [0, 0.1) is 0 Å². The quantitative estimate of drug-likeness (QED) is 0.911. The van der Waals surface area contributed by atoms with Crippen LogP contribution in [-0.2, 0) is 26.1 Å². The molecule has 0 atom stereocenters. The smallest absolute Gasteiger partial charge is 0.0544 e. The maximum absolute atomic E-state index is 5.59. The van der Waals surface area contributed by atoms with Crippen molar-refractivity contribution in [2.45, 2.75) is 26.1 Å². The first-order valence-corrected chi connectivity index (χ1v) is 6.78. The zero-order valence-corrected chi connectivity index (χ0v) is 11.0. The summed E-state index contributed by atoms with van der Waals surface area (Å²) in [6, 6.07) is 12.9. The molecule has 2 aromatic rings. The van der Waals surface area contributed by atoms with Gasteiger partial charge in [-0.2, -0.15) is 0 Å². The van der Waals surface area contributed by atoms with E-state index in [1.807, 2.05) is 6.20 Å². The third-order valence-corrected chi connectivity index (χ3v) is 3.72. The van der Waals surface area contributed by atoms with Gasteiger partial charge in [0.25, 0.3) is 0 Å². The molecule has 3 rings (SSSR count). The lowest BCUT2D eigenvalue weighted by Crippen LogP contribution is -2.30. The first-order valence-electron chi connectivity index (χ1n) is 6.78. The highest BCUT2D eigenvalue weighted by atomic mass is 15.1. The Morgan fingerprint density at radius 3 is 2.68 bits per heavy atom. The van der Waals surface area contributed by atoms with E-state index in [1.165, 1.54) is 11.1 Å². The van der Waals surface area contributed by atoms with Crippen molar-refractivity contribution in [2.75, 3.05) is 6.54 Å². The van der Waals surface area contributed by atoms with Crippen LogP contribution in [0.25, 0.3) is 0 Å². The number of pyridine rings is 1. The fourth-order valence-corrected chi connectivity index (χ4v) is 2.59. The highest BCUT2D eigenvalue weighted by Gasteiger charge is 2.15. The molecule has 3 nitrogen and oxygen atoms in total. The van der Waals surface area contributed by atoms with Gasteiger partial charge in [-0.3, -0.25) is 9.88 Å². The Balaban J connectivity index is 1.68. The standard InChI is InChI=1S/C16H19N3/c17-9-13-5-6-16(18-10-13)12-19-8-7-14-3-1-2-4-15(14)11-19/h1-6,10H,7-9,11-12,17H2. The Morgan fingerprint density at radius 1 is 1.11 bits per heavy atom. The first kappa shape index (κ1) is 12.3. The monoisotopic (exact) mass is 253 g/mol. The molecule has 0 bridgehead atoms. The van der Waals surface area contributed by atoms with Crippen LogP contribution in [0.15, 0.2) is 42.6 Å². The molecule has 2 heterocycles. The van der Waals surface area contributed by atoms with Crippen molar-refractivity contribution < 1.29 is 0 Å². The average Bonchev–Trinajstić information content (AvgIpc) is 2.48. The molecule has 1 aromatic carbocycles. The van der Waals surface area contributed by atoms with E-state index in [4.69, 9.17) is 5.73 Å². The minimum absolute atomic E-state index is 0.560. The van der Waals surface area contributed by atoms with Gasteiger partial charge in [0.05, 0.1) is 5.69 Å². The summed E-state index contributed by atoms with van der Waals surface area (Å²) in [6.07, 6.45) is 3.02. The fraction of sp³-hybridized carbons (Fsp3) is 0.312. The van der Waals surface area contributed by atoms with E-state index < -0.39 is 0 Å². The van der Waals surface area contributed by atoms with Crippen LogP contribution in [0.3, 0.4) is 0 Å². The summed E-state index contributed by atoms with van der Waals surface area (Å²) in [7, 11) is 0. The number of hydrogen-bond donors (Lipinski definition) is 1. The predicted molar refractivity (Wildman–Crippen MR) is 76.4 cm³/mol. The summed E-state index contributed by atoms with van der Waals surface area (Å²) < 4.78 is 0. The summed E-state index contributed by atoms with van der Waals surface area (Å²) >= 11 is 0. The van der Waals surface area contributed by atoms with Crippen LogP contribution < -0.4 is 5.73 Å². The SMILES string of the molecule is NCc1ccc(CN2CCc3ccccc3C2)nc1. The number of aromatic nitrogens is 1. The van der Waals surface area contributed by atoms with Gasteiger partial charge in [-0.15, -0.1) is 0 Å². The molecule has 0 saturated carbocycles. The van der Waals surface area contributed by atoms with Crippen molar-refractivity contribution in [3.8, 4) is 0 Å². The van der Waals surface area contributed by atoms with Crippen molar-refractivity contribution in [1.29, 1.82) is 0 Å². The van der Waals surface area contributed by atoms with E-state index >= 15 is 0 Å². The van der Waals surface area contributed by atoms with Crippen molar-refractivity contribution >= 4 is 0 Å². The van der Waals surface area contributed by atoms with Crippen LogP contribution in [-0.4, -0.2) is 16.4 Å². The highest BCUT2D eigenvalue weighted by molar-refractivity contribution is 5.29. The summed E-state index contributed by atoms with van der Waals surface area (Å²) in [5, 5.41) is 0. The van der Waals surface area contributed by atoms with Crippen LogP contribution in [0.2, 0.25) is 0 Å². The average molecular weight is 253 g/mol. The van der Waals surface area contributed by atoms with Crippen molar-refractivity contribution in [1.82, 2.24) is 9.88 Å². The molecule has 3 heteroatoms. The van der Waals surface area contributed by atoms with E-state index in [2.05, 4.69) is 46.3 Å². The van der Waals surface area contributed by atoms with Gasteiger partial charge in [-0.1, -0.05) is 30.3 Å². The second-order valence-corrected chi connectivity index (χ2v) is 5.09. The molecule has 19 heavy (non-hydrogen) atoms. The molecule has 98 valence electrons. The summed E-state index contributed by atoms with van der Waals surface area (Å²) in [5.41, 5.74) is 10.7. The molecule has 1 aromatic heterocycles. The molecule has 0 aliphatic carbocycles. The Hall–Kier alpha value is -1.71. The van der Waals surface area contributed by atoms with Crippen LogP contribution in [0.5, 0.6) is 0 Å². The highest BCUT2D eigenvalue weighted by Crippen LogP contribution is 2.19. The lowest BCUT2D eigenvalue weighted by atomic mass is 10.00. The zero-order valence-electron chi connectivity index (χ0n) is 11.0. The van der Waals surface area contributed by atoms with Gasteiger partial charge in [0.15, 0.2) is 0 Å². The van der Waals surface area contributed by atoms with Gasteiger partial charge < -0.3 is 5.73 Å². The number of fused-ring (bicyclic) bond motifs is 1. The van der Waals surface area contributed by atoms with Crippen molar-refractivity contribution in [3.63, 3.8) is 0 Å². The molecule has 0 spiro atoms. The maximum atomic E-state index is 5.59. The van der Waals surface area contributed by atoms with Crippen molar-refractivity contribution in [2.24, 2.45) is 5.73 Å². The van der Waals surface area contributed by atoms with Crippen molar-refractivity contribution in [3.05, 3.63) is 65.0 Å². The van der Waals surface area contributed by atoms with Gasteiger partial charge in [-0.05, 0) is 29.2 Å².